The first kappa shape index (κ1) is 15.6. The van der Waals surface area contributed by atoms with Crippen LogP contribution in [0, 0.1) is 0 Å². The fourth-order valence-corrected chi connectivity index (χ4v) is 2.95. The zero-order valence-electron chi connectivity index (χ0n) is 12.4. The number of rotatable bonds is 5. The molecule has 0 aromatic heterocycles. The molecule has 1 heterocycles. The van der Waals surface area contributed by atoms with Gasteiger partial charge in [-0.15, -0.1) is 0 Å². The zero-order chi connectivity index (χ0) is 14.5. The Morgan fingerprint density at radius 2 is 2.30 bits per heavy atom. The van der Waals surface area contributed by atoms with E-state index in [0.717, 1.165) is 55.2 Å². The minimum absolute atomic E-state index is 0.0172. The van der Waals surface area contributed by atoms with E-state index in [-0.39, 0.29) is 6.04 Å². The highest BCUT2D eigenvalue weighted by atomic mass is 35.5. The molecule has 2 atom stereocenters. The Balaban J connectivity index is 2.06. The smallest absolute Gasteiger partial charge is 0.0750 e. The second-order valence-corrected chi connectivity index (χ2v) is 5.99. The number of piperidine rings is 1. The molecule has 112 valence electrons. The second-order valence-electron chi connectivity index (χ2n) is 5.58. The normalized spacial score (nSPS) is 21.0. The van der Waals surface area contributed by atoms with Crippen molar-refractivity contribution in [3.05, 3.63) is 28.8 Å². The molecule has 1 fully saturated rings. The lowest BCUT2D eigenvalue weighted by atomic mass is 10.1. The molecule has 1 unspecified atom stereocenters. The molecular formula is C16H25ClN2O. The molecule has 0 radical (unpaired) electrons. The van der Waals surface area contributed by atoms with Gasteiger partial charge in [0.15, 0.2) is 0 Å². The van der Waals surface area contributed by atoms with Gasteiger partial charge in [0, 0.05) is 25.7 Å². The summed E-state index contributed by atoms with van der Waals surface area (Å²) in [4.78, 5) is 2.33. The van der Waals surface area contributed by atoms with Gasteiger partial charge in [0.1, 0.15) is 0 Å². The quantitative estimate of drug-likeness (QED) is 0.899. The SMILES string of the molecule is CCCOC1CCCN(c2ccc([C@H](C)N)cc2Cl)C1. The van der Waals surface area contributed by atoms with E-state index in [1.165, 1.54) is 0 Å². The third-order valence-electron chi connectivity index (χ3n) is 3.77. The molecule has 1 aromatic rings. The fourth-order valence-electron chi connectivity index (χ4n) is 2.64. The van der Waals surface area contributed by atoms with E-state index < -0.39 is 0 Å². The van der Waals surface area contributed by atoms with Crippen LogP contribution < -0.4 is 10.6 Å². The van der Waals surface area contributed by atoms with Gasteiger partial charge in [-0.1, -0.05) is 24.6 Å². The molecule has 2 rings (SSSR count). The molecule has 0 bridgehead atoms. The maximum atomic E-state index is 6.42. The predicted octanol–water partition coefficient (Wildman–Crippen LogP) is 3.76. The third kappa shape index (κ3) is 3.87. The minimum Gasteiger partial charge on any atom is -0.376 e. The molecule has 4 heteroatoms. The van der Waals surface area contributed by atoms with Gasteiger partial charge in [-0.25, -0.2) is 0 Å². The van der Waals surface area contributed by atoms with Crippen LogP contribution in [0.1, 0.15) is 44.7 Å². The van der Waals surface area contributed by atoms with Crippen LogP contribution in [0.15, 0.2) is 18.2 Å². The van der Waals surface area contributed by atoms with E-state index in [4.69, 9.17) is 22.1 Å². The lowest BCUT2D eigenvalue weighted by molar-refractivity contribution is 0.0440. The van der Waals surface area contributed by atoms with Crippen LogP contribution in [-0.4, -0.2) is 25.8 Å². The van der Waals surface area contributed by atoms with Crippen LogP contribution in [0.25, 0.3) is 0 Å². The maximum Gasteiger partial charge on any atom is 0.0750 e. The Kier molecular flexibility index (Phi) is 5.70. The summed E-state index contributed by atoms with van der Waals surface area (Å²) in [5.41, 5.74) is 8.07. The Morgan fingerprint density at radius 1 is 1.50 bits per heavy atom. The third-order valence-corrected chi connectivity index (χ3v) is 4.08. The number of hydrogen-bond donors (Lipinski definition) is 1. The van der Waals surface area contributed by atoms with Crippen LogP contribution in [0.2, 0.25) is 5.02 Å². The van der Waals surface area contributed by atoms with Crippen molar-refractivity contribution in [2.24, 2.45) is 5.73 Å². The summed E-state index contributed by atoms with van der Waals surface area (Å²) in [5.74, 6) is 0. The molecular weight excluding hydrogens is 272 g/mol. The first-order chi connectivity index (χ1) is 9.61. The second kappa shape index (κ2) is 7.30. The number of nitrogens with two attached hydrogens (primary N) is 1. The van der Waals surface area contributed by atoms with E-state index >= 15 is 0 Å². The van der Waals surface area contributed by atoms with Crippen LogP contribution in [0.4, 0.5) is 5.69 Å². The van der Waals surface area contributed by atoms with E-state index in [9.17, 15) is 0 Å². The molecule has 20 heavy (non-hydrogen) atoms. The molecule has 3 nitrogen and oxygen atoms in total. The van der Waals surface area contributed by atoms with Crippen molar-refractivity contribution in [1.29, 1.82) is 0 Å². The summed E-state index contributed by atoms with van der Waals surface area (Å²) in [6, 6.07) is 6.16. The van der Waals surface area contributed by atoms with Crippen molar-refractivity contribution in [2.75, 3.05) is 24.6 Å². The maximum absolute atomic E-state index is 6.42. The summed E-state index contributed by atoms with van der Waals surface area (Å²) in [7, 11) is 0. The summed E-state index contributed by atoms with van der Waals surface area (Å²) in [5, 5.41) is 0.788. The highest BCUT2D eigenvalue weighted by Crippen LogP contribution is 2.31. The van der Waals surface area contributed by atoms with Gasteiger partial charge in [0.25, 0.3) is 0 Å². The number of benzene rings is 1. The topological polar surface area (TPSA) is 38.5 Å². The molecule has 1 aliphatic heterocycles. The van der Waals surface area contributed by atoms with E-state index in [2.05, 4.69) is 24.0 Å². The molecule has 0 aliphatic carbocycles. The van der Waals surface area contributed by atoms with E-state index in [1.54, 1.807) is 0 Å². The first-order valence-corrected chi connectivity index (χ1v) is 7.91. The van der Waals surface area contributed by atoms with E-state index in [0.29, 0.717) is 6.10 Å². The number of nitrogens with zero attached hydrogens (tertiary/aromatic N) is 1. The fraction of sp³-hybridized carbons (Fsp3) is 0.625. The average molecular weight is 297 g/mol. The number of anilines is 1. The Morgan fingerprint density at radius 3 is 2.95 bits per heavy atom. The van der Waals surface area contributed by atoms with Crippen molar-refractivity contribution in [3.63, 3.8) is 0 Å². The predicted molar refractivity (Wildman–Crippen MR) is 85.5 cm³/mol. The van der Waals surface area contributed by atoms with Gasteiger partial charge < -0.3 is 15.4 Å². The molecule has 1 saturated heterocycles. The van der Waals surface area contributed by atoms with Crippen molar-refractivity contribution >= 4 is 17.3 Å². The Hall–Kier alpha value is -0.770. The van der Waals surface area contributed by atoms with Gasteiger partial charge in [0.2, 0.25) is 0 Å². The standard InChI is InChI=1S/C16H25ClN2O/c1-3-9-20-14-5-4-8-19(11-14)16-7-6-13(12(2)18)10-15(16)17/h6-7,10,12,14H,3-5,8-9,11,18H2,1-2H3/t12-,14?/m0/s1. The number of ether oxygens (including phenoxy) is 1. The minimum atomic E-state index is 0.0172. The van der Waals surface area contributed by atoms with Crippen molar-refractivity contribution in [3.8, 4) is 0 Å². The Bertz CT molecular complexity index is 436. The Labute approximate surface area is 127 Å². The summed E-state index contributed by atoms with van der Waals surface area (Å²) < 4.78 is 5.88. The van der Waals surface area contributed by atoms with Gasteiger partial charge in [-0.2, -0.15) is 0 Å². The molecule has 1 aliphatic rings. The van der Waals surface area contributed by atoms with Gasteiger partial charge in [-0.05, 0) is 43.9 Å². The lowest BCUT2D eigenvalue weighted by Gasteiger charge is -2.35. The van der Waals surface area contributed by atoms with Crippen LogP contribution in [0.3, 0.4) is 0 Å². The number of hydrogen-bond acceptors (Lipinski definition) is 3. The zero-order valence-corrected chi connectivity index (χ0v) is 13.2. The van der Waals surface area contributed by atoms with Crippen molar-refractivity contribution in [2.45, 2.75) is 45.3 Å². The highest BCUT2D eigenvalue weighted by Gasteiger charge is 2.22. The van der Waals surface area contributed by atoms with Gasteiger partial charge >= 0.3 is 0 Å². The summed E-state index contributed by atoms with van der Waals surface area (Å²) in [6.45, 7) is 6.93. The average Bonchev–Trinajstić information content (AvgIpc) is 2.45. The molecule has 0 saturated carbocycles. The highest BCUT2D eigenvalue weighted by molar-refractivity contribution is 6.33. The monoisotopic (exact) mass is 296 g/mol. The van der Waals surface area contributed by atoms with Crippen LogP contribution >= 0.6 is 11.6 Å². The number of halogens is 1. The molecule has 1 aromatic carbocycles. The summed E-state index contributed by atoms with van der Waals surface area (Å²) in [6.07, 6.45) is 3.69. The van der Waals surface area contributed by atoms with E-state index in [1.807, 2.05) is 13.0 Å². The summed E-state index contributed by atoms with van der Waals surface area (Å²) >= 11 is 6.42. The van der Waals surface area contributed by atoms with Gasteiger partial charge in [-0.3, -0.25) is 0 Å². The van der Waals surface area contributed by atoms with Crippen molar-refractivity contribution in [1.82, 2.24) is 0 Å². The largest absolute Gasteiger partial charge is 0.376 e. The van der Waals surface area contributed by atoms with Crippen LogP contribution in [0.5, 0.6) is 0 Å². The molecule has 0 amide bonds. The van der Waals surface area contributed by atoms with Crippen LogP contribution in [-0.2, 0) is 4.74 Å². The first-order valence-electron chi connectivity index (χ1n) is 7.53. The molecule has 2 N–H and O–H groups in total. The van der Waals surface area contributed by atoms with Gasteiger partial charge in [0.05, 0.1) is 16.8 Å². The van der Waals surface area contributed by atoms with Crippen molar-refractivity contribution < 1.29 is 4.74 Å². The lowest BCUT2D eigenvalue weighted by Crippen LogP contribution is -2.40. The molecule has 0 spiro atoms.